The molecule has 0 radical (unpaired) electrons. The summed E-state index contributed by atoms with van der Waals surface area (Å²) < 4.78 is 19.2. The molecule has 3 aliphatic carbocycles. The number of fused-ring (bicyclic) bond motifs is 4. The number of hydrogen-bond acceptors (Lipinski definition) is 9. The number of aliphatic hydroxyl groups excluding tert-OH is 1. The molecule has 1 saturated carbocycles. The van der Waals surface area contributed by atoms with Gasteiger partial charge in [-0.25, -0.2) is 0 Å². The van der Waals surface area contributed by atoms with Crippen LogP contribution < -0.4 is 4.74 Å². The van der Waals surface area contributed by atoms with E-state index in [1.54, 1.807) is 0 Å². The summed E-state index contributed by atoms with van der Waals surface area (Å²) in [6.45, 7) is 14.3. The number of nitrogens with zero attached hydrogens (tertiary/aromatic N) is 3. The fourth-order valence-electron chi connectivity index (χ4n) is 7.26. The monoisotopic (exact) mass is 629 g/mol. The number of aryl methyl sites for hydroxylation is 2. The van der Waals surface area contributed by atoms with E-state index in [-0.39, 0.29) is 40.3 Å². The highest BCUT2D eigenvalue weighted by Crippen LogP contribution is 2.58. The normalized spacial score (nSPS) is 24.7. The molecule has 3 aliphatic rings. The molecule has 1 N–H and O–H groups in total. The first-order chi connectivity index (χ1) is 21.1. The highest BCUT2D eigenvalue weighted by molar-refractivity contribution is 6.74. The molecule has 6 rings (SSSR count). The van der Waals surface area contributed by atoms with Gasteiger partial charge in [0.25, 0.3) is 5.88 Å². The molecule has 4 atom stereocenters. The first-order valence-corrected chi connectivity index (χ1v) is 18.5. The van der Waals surface area contributed by atoms with Crippen LogP contribution in [0.5, 0.6) is 5.88 Å². The van der Waals surface area contributed by atoms with Crippen LogP contribution in [0.1, 0.15) is 77.4 Å². The van der Waals surface area contributed by atoms with E-state index in [2.05, 4.69) is 30.9 Å². The van der Waals surface area contributed by atoms with Crippen molar-refractivity contribution in [3.8, 4) is 5.88 Å². The average Bonchev–Trinajstić information content (AvgIpc) is 3.36. The molecule has 0 spiro atoms. The largest absolute Gasteiger partial charge is 0.507 e. The Kier molecular flexibility index (Phi) is 7.49. The summed E-state index contributed by atoms with van der Waals surface area (Å²) in [4.78, 5) is 37.0. The van der Waals surface area contributed by atoms with E-state index in [1.807, 2.05) is 82.3 Å². The molecule has 3 aromatic rings. The van der Waals surface area contributed by atoms with Gasteiger partial charge in [-0.2, -0.15) is 0 Å². The van der Waals surface area contributed by atoms with Crippen LogP contribution in [0.2, 0.25) is 18.1 Å². The fraction of sp³-hybridized carbons (Fsp3) is 0.486. The van der Waals surface area contributed by atoms with Gasteiger partial charge in [0.2, 0.25) is 11.6 Å². The minimum atomic E-state index is -2.78. The lowest BCUT2D eigenvalue weighted by Crippen LogP contribution is -2.68. The summed E-state index contributed by atoms with van der Waals surface area (Å²) in [5.74, 6) is -1.56. The Balaban J connectivity index is 1.57. The van der Waals surface area contributed by atoms with Crippen molar-refractivity contribution in [3.63, 3.8) is 0 Å². The number of aromatic nitrogens is 2. The van der Waals surface area contributed by atoms with Crippen molar-refractivity contribution in [2.24, 2.45) is 11.8 Å². The summed E-state index contributed by atoms with van der Waals surface area (Å²) in [5.41, 5.74) is 2.43. The van der Waals surface area contributed by atoms with Gasteiger partial charge in [-0.05, 0) is 87.2 Å². The van der Waals surface area contributed by atoms with Crippen LogP contribution in [0, 0.1) is 25.7 Å². The van der Waals surface area contributed by atoms with Gasteiger partial charge in [0, 0.05) is 28.4 Å². The van der Waals surface area contributed by atoms with Gasteiger partial charge >= 0.3 is 0 Å². The lowest BCUT2D eigenvalue weighted by atomic mass is 9.57. The van der Waals surface area contributed by atoms with Gasteiger partial charge in [0.15, 0.2) is 19.7 Å². The number of hydrogen-bond donors (Lipinski definition) is 1. The molecule has 2 aromatic heterocycles. The van der Waals surface area contributed by atoms with E-state index in [0.29, 0.717) is 29.9 Å². The van der Waals surface area contributed by atoms with Crippen molar-refractivity contribution in [1.82, 2.24) is 15.0 Å². The van der Waals surface area contributed by atoms with Gasteiger partial charge in [-0.15, -0.1) is 0 Å². The third kappa shape index (κ3) is 4.80. The minimum absolute atomic E-state index is 0.0417. The molecule has 1 fully saturated rings. The Morgan fingerprint density at radius 1 is 1.09 bits per heavy atom. The van der Waals surface area contributed by atoms with Crippen LogP contribution in [0.3, 0.4) is 0 Å². The standard InChI is InChI=1S/C35H43N3O6Si/c1-19-15-22-16-23-17-24-28(38(6)7)30-27(33(37-43-30)42-18-21-13-11-10-12-14-21)32(41)35(24,44-45(8,9)34(3,4)5)31(40)26(23)29(39)25(22)20(2)36-19/h10-15,23-24,28,39H,16-18H2,1-9H3/t23-,24-,28-,35-/m0/s1. The lowest BCUT2D eigenvalue weighted by Gasteiger charge is -2.55. The number of carbonyl (C=O) groups is 2. The molecule has 9 nitrogen and oxygen atoms in total. The van der Waals surface area contributed by atoms with Crippen molar-refractivity contribution in [3.05, 3.63) is 81.4 Å². The predicted molar refractivity (Wildman–Crippen MR) is 173 cm³/mol. The summed E-state index contributed by atoms with van der Waals surface area (Å²) in [6.07, 6.45) is 0.995. The molecule has 1 aromatic carbocycles. The van der Waals surface area contributed by atoms with Gasteiger partial charge in [-0.3, -0.25) is 19.5 Å². The van der Waals surface area contributed by atoms with E-state index in [0.717, 1.165) is 16.8 Å². The second-order valence-corrected chi connectivity index (χ2v) is 19.3. The number of Topliss-reactive ketones (excluding diaryl/α,β-unsaturated/α-hetero) is 2. The SMILES string of the molecule is Cc1cc2c(c(C)n1)C(O)=C1C(=O)[C@]3(O[Si](C)(C)C(C)(C)C)C(=O)c4c(OCc5ccccc5)noc4[C@@H](N(C)C)[C@@H]3C[C@@H]1C2. The number of benzene rings is 1. The van der Waals surface area contributed by atoms with Crippen LogP contribution in [0.15, 0.2) is 46.5 Å². The van der Waals surface area contributed by atoms with Gasteiger partial charge in [-0.1, -0.05) is 51.1 Å². The Bertz CT molecular complexity index is 1720. The van der Waals surface area contributed by atoms with Gasteiger partial charge in [0.1, 0.15) is 17.9 Å². The molecule has 0 bridgehead atoms. The van der Waals surface area contributed by atoms with Crippen molar-refractivity contribution < 1.29 is 28.4 Å². The maximum atomic E-state index is 15.2. The smallest absolute Gasteiger partial charge is 0.265 e. The van der Waals surface area contributed by atoms with Crippen LogP contribution in [0.4, 0.5) is 0 Å². The number of ether oxygens (including phenoxy) is 1. The minimum Gasteiger partial charge on any atom is -0.507 e. The summed E-state index contributed by atoms with van der Waals surface area (Å²) in [6, 6.07) is 11.1. The Labute approximate surface area is 265 Å². The number of ketones is 2. The van der Waals surface area contributed by atoms with Crippen molar-refractivity contribution >= 4 is 25.6 Å². The highest BCUT2D eigenvalue weighted by Gasteiger charge is 2.68. The second-order valence-electron chi connectivity index (χ2n) is 14.6. The average molecular weight is 630 g/mol. The van der Waals surface area contributed by atoms with Crippen molar-refractivity contribution in [2.45, 2.75) is 83.8 Å². The zero-order valence-electron chi connectivity index (χ0n) is 27.6. The van der Waals surface area contributed by atoms with Gasteiger partial charge < -0.3 is 18.8 Å². The molecule has 10 heteroatoms. The molecular formula is C35H43N3O6Si. The first kappa shape index (κ1) is 31.4. The topological polar surface area (TPSA) is 115 Å². The van der Waals surface area contributed by atoms with Gasteiger partial charge in [0.05, 0.1) is 6.04 Å². The quantitative estimate of drug-likeness (QED) is 0.239. The Hall–Kier alpha value is -3.60. The van der Waals surface area contributed by atoms with Crippen LogP contribution in [-0.4, -0.2) is 59.7 Å². The third-order valence-electron chi connectivity index (χ3n) is 10.3. The van der Waals surface area contributed by atoms with Crippen LogP contribution in [-0.2, 0) is 22.2 Å². The number of aliphatic hydroxyl groups is 1. The van der Waals surface area contributed by atoms with E-state index >= 15 is 9.59 Å². The number of carbonyl (C=O) groups excluding carboxylic acids is 2. The maximum absolute atomic E-state index is 15.2. The molecular weight excluding hydrogens is 586 g/mol. The molecule has 0 amide bonds. The summed E-state index contributed by atoms with van der Waals surface area (Å²) >= 11 is 0. The molecule has 0 saturated heterocycles. The summed E-state index contributed by atoms with van der Waals surface area (Å²) in [5, 5.41) is 15.8. The first-order valence-electron chi connectivity index (χ1n) is 15.6. The van der Waals surface area contributed by atoms with Crippen LogP contribution >= 0.6 is 0 Å². The molecule has 238 valence electrons. The van der Waals surface area contributed by atoms with E-state index in [4.69, 9.17) is 13.7 Å². The third-order valence-corrected chi connectivity index (χ3v) is 14.8. The Morgan fingerprint density at radius 2 is 1.78 bits per heavy atom. The lowest BCUT2D eigenvalue weighted by molar-refractivity contribution is -0.140. The van der Waals surface area contributed by atoms with E-state index in [9.17, 15) is 5.11 Å². The fourth-order valence-corrected chi connectivity index (χ4v) is 8.70. The molecule has 0 unspecified atom stereocenters. The highest BCUT2D eigenvalue weighted by atomic mass is 28.4. The maximum Gasteiger partial charge on any atom is 0.265 e. The number of rotatable bonds is 6. The van der Waals surface area contributed by atoms with Crippen molar-refractivity contribution in [2.75, 3.05) is 14.1 Å². The summed E-state index contributed by atoms with van der Waals surface area (Å²) in [7, 11) is 1.04. The predicted octanol–water partition coefficient (Wildman–Crippen LogP) is 6.56. The van der Waals surface area contributed by atoms with E-state index in [1.165, 1.54) is 0 Å². The van der Waals surface area contributed by atoms with Crippen molar-refractivity contribution in [1.29, 1.82) is 0 Å². The Morgan fingerprint density at radius 3 is 2.42 bits per heavy atom. The molecule has 0 aliphatic heterocycles. The van der Waals surface area contributed by atoms with E-state index < -0.39 is 37.4 Å². The zero-order chi connectivity index (χ0) is 32.6. The second kappa shape index (κ2) is 10.7. The van der Waals surface area contributed by atoms with Crippen LogP contribution in [0.25, 0.3) is 5.76 Å². The zero-order valence-corrected chi connectivity index (χ0v) is 28.6. The molecule has 45 heavy (non-hydrogen) atoms. The number of pyridine rings is 1. The molecule has 2 heterocycles.